The molecule has 0 aliphatic carbocycles. The second kappa shape index (κ2) is 10.8. The average molecular weight is 498 g/mol. The highest BCUT2D eigenvalue weighted by Gasteiger charge is 2.23. The number of carbonyl (C=O) groups excluding carboxylic acids is 1. The van der Waals surface area contributed by atoms with Gasteiger partial charge in [0.15, 0.2) is 11.5 Å². The van der Waals surface area contributed by atoms with Crippen LogP contribution in [-0.2, 0) is 13.6 Å². The van der Waals surface area contributed by atoms with Crippen molar-refractivity contribution in [3.63, 3.8) is 0 Å². The molecule has 37 heavy (non-hydrogen) atoms. The molecule has 0 radical (unpaired) electrons. The van der Waals surface area contributed by atoms with Crippen molar-refractivity contribution in [1.82, 2.24) is 24.6 Å². The van der Waals surface area contributed by atoms with Gasteiger partial charge in [-0.15, -0.1) is 0 Å². The van der Waals surface area contributed by atoms with Gasteiger partial charge in [-0.1, -0.05) is 42.5 Å². The van der Waals surface area contributed by atoms with Crippen LogP contribution in [0.25, 0.3) is 11.3 Å². The minimum Gasteiger partial charge on any atom is -0.488 e. The van der Waals surface area contributed by atoms with Crippen LogP contribution < -0.4 is 9.47 Å². The second-order valence-electron chi connectivity index (χ2n) is 9.16. The molecule has 2 aromatic heterocycles. The molecule has 1 aliphatic heterocycles. The van der Waals surface area contributed by atoms with Crippen molar-refractivity contribution in [3.8, 4) is 28.6 Å². The summed E-state index contributed by atoms with van der Waals surface area (Å²) in [5, 5.41) is 4.81. The van der Waals surface area contributed by atoms with Crippen LogP contribution in [0.4, 0.5) is 0 Å². The number of ether oxygens (including phenoxy) is 2. The molecule has 0 saturated heterocycles. The van der Waals surface area contributed by atoms with E-state index in [4.69, 9.17) is 14.6 Å². The lowest BCUT2D eigenvalue weighted by Gasteiger charge is -2.26. The Morgan fingerprint density at radius 2 is 1.65 bits per heavy atom. The molecule has 0 bridgehead atoms. The van der Waals surface area contributed by atoms with Crippen LogP contribution in [0.1, 0.15) is 21.6 Å². The molecule has 0 fully saturated rings. The van der Waals surface area contributed by atoms with Crippen molar-refractivity contribution >= 4 is 5.91 Å². The van der Waals surface area contributed by atoms with Gasteiger partial charge in [-0.25, -0.2) is 4.98 Å². The van der Waals surface area contributed by atoms with E-state index in [0.29, 0.717) is 49.8 Å². The first-order valence-electron chi connectivity index (χ1n) is 12.4. The van der Waals surface area contributed by atoms with Gasteiger partial charge in [0.2, 0.25) is 5.88 Å². The van der Waals surface area contributed by atoms with Gasteiger partial charge in [0.25, 0.3) is 5.91 Å². The normalized spacial score (nSPS) is 14.9. The fraction of sp³-hybridized carbons (Fsp3) is 0.276. The molecule has 0 spiro atoms. The first-order chi connectivity index (χ1) is 18.0. The Labute approximate surface area is 217 Å². The van der Waals surface area contributed by atoms with Crippen molar-refractivity contribution in [2.75, 3.05) is 33.3 Å². The lowest BCUT2D eigenvalue weighted by Crippen LogP contribution is -2.38. The fourth-order valence-electron chi connectivity index (χ4n) is 4.44. The van der Waals surface area contributed by atoms with Crippen molar-refractivity contribution < 1.29 is 14.3 Å². The number of aryl methyl sites for hydroxylation is 1. The molecule has 4 aromatic rings. The summed E-state index contributed by atoms with van der Waals surface area (Å²) in [7, 11) is 3.79. The number of aromatic nitrogens is 3. The highest BCUT2D eigenvalue weighted by molar-refractivity contribution is 5.96. The van der Waals surface area contributed by atoms with Gasteiger partial charge in [0, 0.05) is 63.3 Å². The predicted molar refractivity (Wildman–Crippen MR) is 142 cm³/mol. The first-order valence-corrected chi connectivity index (χ1v) is 12.4. The van der Waals surface area contributed by atoms with E-state index in [-0.39, 0.29) is 11.8 Å². The van der Waals surface area contributed by atoms with Gasteiger partial charge in [-0.2, -0.15) is 5.10 Å². The summed E-state index contributed by atoms with van der Waals surface area (Å²) < 4.78 is 14.2. The second-order valence-corrected chi connectivity index (χ2v) is 9.16. The monoisotopic (exact) mass is 497 g/mol. The molecule has 3 heterocycles. The molecular weight excluding hydrogens is 466 g/mol. The third-order valence-electron chi connectivity index (χ3n) is 6.71. The topological polar surface area (TPSA) is 72.7 Å². The lowest BCUT2D eigenvalue weighted by atomic mass is 10.1. The number of hydrogen-bond acceptors (Lipinski definition) is 6. The molecule has 0 atom stereocenters. The van der Waals surface area contributed by atoms with Crippen LogP contribution in [-0.4, -0.2) is 63.8 Å². The molecule has 0 N–H and O–H groups in total. The summed E-state index contributed by atoms with van der Waals surface area (Å²) in [5.74, 6) is 1.27. The summed E-state index contributed by atoms with van der Waals surface area (Å²) in [6, 6.07) is 21.2. The Bertz CT molecular complexity index is 1390. The van der Waals surface area contributed by atoms with Crippen molar-refractivity contribution in [1.29, 1.82) is 0 Å². The Hall–Kier alpha value is -4.17. The Balaban J connectivity index is 1.46. The zero-order valence-corrected chi connectivity index (χ0v) is 21.4. The maximum Gasteiger partial charge on any atom is 0.259 e. The summed E-state index contributed by atoms with van der Waals surface area (Å²) in [5.41, 5.74) is 4.77. The maximum atomic E-state index is 13.4. The molecular formula is C29H31N5O3. The predicted octanol–water partition coefficient (Wildman–Crippen LogP) is 4.55. The molecule has 1 aliphatic rings. The van der Waals surface area contributed by atoms with Crippen molar-refractivity contribution in [2.24, 2.45) is 7.05 Å². The zero-order chi connectivity index (χ0) is 25.8. The summed E-state index contributed by atoms with van der Waals surface area (Å²) in [6.45, 7) is 5.13. The third kappa shape index (κ3) is 5.34. The molecule has 1 amide bonds. The number of likely N-dealkylation sites (N-methyl/N-ethyl adjacent to an activating group) is 1. The first kappa shape index (κ1) is 24.5. The van der Waals surface area contributed by atoms with E-state index in [0.717, 1.165) is 17.0 Å². The molecule has 5 rings (SSSR count). The van der Waals surface area contributed by atoms with E-state index in [1.54, 1.807) is 23.2 Å². The molecule has 8 heteroatoms. The van der Waals surface area contributed by atoms with Crippen LogP contribution in [0.15, 0.2) is 72.9 Å². The number of hydrogen-bond donors (Lipinski definition) is 0. The van der Waals surface area contributed by atoms with E-state index in [1.165, 1.54) is 5.56 Å². The van der Waals surface area contributed by atoms with Crippen molar-refractivity contribution in [2.45, 2.75) is 13.5 Å². The van der Waals surface area contributed by atoms with Crippen LogP contribution in [0.3, 0.4) is 0 Å². The number of rotatable bonds is 3. The zero-order valence-electron chi connectivity index (χ0n) is 21.4. The number of fused-ring (bicyclic) bond motifs is 2. The van der Waals surface area contributed by atoms with Crippen LogP contribution in [0.2, 0.25) is 0 Å². The number of amides is 1. The molecule has 0 saturated carbocycles. The molecule has 2 aromatic carbocycles. The average Bonchev–Trinajstić information content (AvgIpc) is 3.21. The Kier molecular flexibility index (Phi) is 7.18. The number of benzene rings is 2. The van der Waals surface area contributed by atoms with Gasteiger partial charge < -0.3 is 14.4 Å². The number of para-hydroxylation sites is 2. The summed E-state index contributed by atoms with van der Waals surface area (Å²) in [4.78, 5) is 21.7. The van der Waals surface area contributed by atoms with Gasteiger partial charge in [-0.3, -0.25) is 14.4 Å². The highest BCUT2D eigenvalue weighted by atomic mass is 16.5. The van der Waals surface area contributed by atoms with E-state index in [9.17, 15) is 4.79 Å². The lowest BCUT2D eigenvalue weighted by molar-refractivity contribution is 0.0770. The molecule has 8 nitrogen and oxygen atoms in total. The highest BCUT2D eigenvalue weighted by Crippen LogP contribution is 2.32. The van der Waals surface area contributed by atoms with Gasteiger partial charge in [0.1, 0.15) is 12.2 Å². The quantitative estimate of drug-likeness (QED) is 0.414. The molecule has 190 valence electrons. The van der Waals surface area contributed by atoms with Crippen LogP contribution in [0, 0.1) is 6.92 Å². The third-order valence-corrected chi connectivity index (χ3v) is 6.71. The van der Waals surface area contributed by atoms with Crippen LogP contribution >= 0.6 is 0 Å². The van der Waals surface area contributed by atoms with Gasteiger partial charge in [-0.05, 0) is 31.2 Å². The summed E-state index contributed by atoms with van der Waals surface area (Å²) >= 11 is 0. The van der Waals surface area contributed by atoms with Crippen molar-refractivity contribution in [3.05, 3.63) is 89.7 Å². The number of pyridine rings is 1. The van der Waals surface area contributed by atoms with E-state index < -0.39 is 0 Å². The van der Waals surface area contributed by atoms with Gasteiger partial charge >= 0.3 is 0 Å². The van der Waals surface area contributed by atoms with E-state index in [1.807, 2.05) is 61.2 Å². The maximum absolute atomic E-state index is 13.4. The minimum absolute atomic E-state index is 0.136. The largest absolute Gasteiger partial charge is 0.488 e. The van der Waals surface area contributed by atoms with E-state index >= 15 is 0 Å². The van der Waals surface area contributed by atoms with E-state index in [2.05, 4.69) is 28.9 Å². The SMILES string of the molecule is Cc1c(CN2CCOc3ccccc3Oc3ncccc3C(=O)N(C)CC2)c(-c2ccccc2)nn1C. The smallest absolute Gasteiger partial charge is 0.259 e. The number of carbonyl (C=O) groups is 1. The van der Waals surface area contributed by atoms with Crippen LogP contribution in [0.5, 0.6) is 17.4 Å². The van der Waals surface area contributed by atoms with Gasteiger partial charge in [0.05, 0.1) is 5.69 Å². The fourth-order valence-corrected chi connectivity index (χ4v) is 4.44. The number of nitrogens with zero attached hydrogens (tertiary/aromatic N) is 5. The Morgan fingerprint density at radius 1 is 0.892 bits per heavy atom. The summed E-state index contributed by atoms with van der Waals surface area (Å²) in [6.07, 6.45) is 1.62. The molecule has 0 unspecified atom stereocenters. The Morgan fingerprint density at radius 3 is 2.46 bits per heavy atom. The minimum atomic E-state index is -0.136. The standard InChI is InChI=1S/C29H31N5O3/c1-21-24(27(31-33(21)3)22-10-5-4-6-11-22)20-34-17-16-32(2)29(35)23-12-9-15-30-28(23)37-26-14-8-7-13-25(26)36-19-18-34/h4-15H,16-20H2,1-3H3.